The topological polar surface area (TPSA) is 69.8 Å². The Kier molecular flexibility index (Phi) is 9.86. The number of hydrogen-bond acceptors (Lipinski definition) is 5. The summed E-state index contributed by atoms with van der Waals surface area (Å²) >= 11 is 0. The molecule has 2 aromatic rings. The largest absolute Gasteiger partial charge is 0.357 e. The minimum atomic E-state index is 0. The van der Waals surface area contributed by atoms with E-state index in [0.29, 0.717) is 30.7 Å². The van der Waals surface area contributed by atoms with Gasteiger partial charge in [-0.15, -0.1) is 24.0 Å². The summed E-state index contributed by atoms with van der Waals surface area (Å²) in [7, 11) is 0. The summed E-state index contributed by atoms with van der Waals surface area (Å²) in [5, 5.41) is 7.26. The van der Waals surface area contributed by atoms with Crippen LogP contribution in [0.2, 0.25) is 0 Å². The first-order valence-corrected chi connectivity index (χ1v) is 10.3. The fourth-order valence-corrected chi connectivity index (χ4v) is 3.75. The maximum atomic E-state index is 5.18. The summed E-state index contributed by atoms with van der Waals surface area (Å²) in [5.41, 5.74) is 1.41. The van der Waals surface area contributed by atoms with Gasteiger partial charge in [-0.25, -0.2) is 0 Å². The van der Waals surface area contributed by atoms with Crippen LogP contribution in [0.3, 0.4) is 0 Å². The van der Waals surface area contributed by atoms with Crippen LogP contribution in [0, 0.1) is 6.92 Å². The fourth-order valence-electron chi connectivity index (χ4n) is 3.75. The van der Waals surface area contributed by atoms with E-state index in [0.717, 1.165) is 45.1 Å². The Hall–Kier alpha value is -1.68. The van der Waals surface area contributed by atoms with Gasteiger partial charge in [-0.05, 0) is 25.8 Å². The molecule has 7 nitrogen and oxygen atoms in total. The molecule has 1 N–H and O–H groups in total. The number of benzene rings is 1. The van der Waals surface area contributed by atoms with Gasteiger partial charge in [0.05, 0.1) is 6.54 Å². The highest BCUT2D eigenvalue weighted by Gasteiger charge is 2.25. The van der Waals surface area contributed by atoms with E-state index in [9.17, 15) is 0 Å². The van der Waals surface area contributed by atoms with Gasteiger partial charge in [0.2, 0.25) is 5.89 Å². The van der Waals surface area contributed by atoms with E-state index < -0.39 is 0 Å². The lowest BCUT2D eigenvalue weighted by atomic mass is 10.0. The van der Waals surface area contributed by atoms with Gasteiger partial charge in [-0.3, -0.25) is 9.89 Å². The lowest BCUT2D eigenvalue weighted by Gasteiger charge is -2.40. The predicted molar refractivity (Wildman–Crippen MR) is 127 cm³/mol. The van der Waals surface area contributed by atoms with Crippen LogP contribution in [0.15, 0.2) is 39.8 Å². The normalized spacial score (nSPS) is 16.4. The number of piperazine rings is 1. The molecule has 0 bridgehead atoms. The molecule has 160 valence electrons. The molecule has 8 heteroatoms. The maximum absolute atomic E-state index is 5.18. The van der Waals surface area contributed by atoms with Crippen molar-refractivity contribution in [3.05, 3.63) is 47.6 Å². The Morgan fingerprint density at radius 3 is 2.48 bits per heavy atom. The zero-order valence-corrected chi connectivity index (χ0v) is 20.0. The van der Waals surface area contributed by atoms with Gasteiger partial charge in [0.1, 0.15) is 0 Å². The minimum absolute atomic E-state index is 0. The highest BCUT2D eigenvalue weighted by molar-refractivity contribution is 14.0. The average Bonchev–Trinajstić information content (AvgIpc) is 3.14. The Balaban J connectivity index is 0.00000300. The van der Waals surface area contributed by atoms with E-state index in [1.54, 1.807) is 0 Å². The molecular formula is C21H33IN6O. The Bertz CT molecular complexity index is 743. The number of guanidine groups is 1. The third-order valence-electron chi connectivity index (χ3n) is 5.12. The first-order chi connectivity index (χ1) is 13.7. The number of aliphatic imine (C=N–C) groups is 1. The molecule has 1 aliphatic heterocycles. The van der Waals surface area contributed by atoms with Gasteiger partial charge in [0, 0.05) is 45.2 Å². The van der Waals surface area contributed by atoms with Crippen molar-refractivity contribution in [2.75, 3.05) is 39.3 Å². The number of halogens is 1. The van der Waals surface area contributed by atoms with E-state index in [-0.39, 0.29) is 24.0 Å². The summed E-state index contributed by atoms with van der Waals surface area (Å²) in [6, 6.07) is 11.3. The third-order valence-corrected chi connectivity index (χ3v) is 5.12. The zero-order chi connectivity index (χ0) is 19.8. The average molecular weight is 512 g/mol. The third kappa shape index (κ3) is 6.67. The summed E-state index contributed by atoms with van der Waals surface area (Å²) in [4.78, 5) is 14.0. The summed E-state index contributed by atoms with van der Waals surface area (Å²) in [5.74, 6) is 2.30. The Morgan fingerprint density at radius 2 is 1.90 bits per heavy atom. The number of rotatable bonds is 7. The van der Waals surface area contributed by atoms with Crippen LogP contribution in [0.1, 0.15) is 43.6 Å². The van der Waals surface area contributed by atoms with Gasteiger partial charge < -0.3 is 14.7 Å². The second-order valence-corrected chi connectivity index (χ2v) is 7.08. The molecule has 1 aliphatic rings. The molecular weight excluding hydrogens is 479 g/mol. The molecule has 0 spiro atoms. The quantitative estimate of drug-likeness (QED) is 0.349. The zero-order valence-electron chi connectivity index (χ0n) is 17.7. The van der Waals surface area contributed by atoms with Gasteiger partial charge in [-0.1, -0.05) is 42.4 Å². The van der Waals surface area contributed by atoms with Crippen molar-refractivity contribution in [1.82, 2.24) is 25.3 Å². The van der Waals surface area contributed by atoms with Gasteiger partial charge in [0.25, 0.3) is 0 Å². The van der Waals surface area contributed by atoms with Crippen LogP contribution in [0.4, 0.5) is 0 Å². The van der Waals surface area contributed by atoms with Crippen molar-refractivity contribution < 1.29 is 4.52 Å². The maximum Gasteiger partial charge on any atom is 0.228 e. The van der Waals surface area contributed by atoms with Crippen LogP contribution < -0.4 is 5.32 Å². The van der Waals surface area contributed by atoms with E-state index in [1.165, 1.54) is 5.56 Å². The highest BCUT2D eigenvalue weighted by atomic mass is 127. The van der Waals surface area contributed by atoms with Crippen LogP contribution >= 0.6 is 24.0 Å². The summed E-state index contributed by atoms with van der Waals surface area (Å²) < 4.78 is 5.18. The molecule has 1 aromatic carbocycles. The van der Waals surface area contributed by atoms with E-state index in [1.807, 2.05) is 6.92 Å². The lowest BCUT2D eigenvalue weighted by Crippen LogP contribution is -2.53. The molecule has 1 atom stereocenters. The van der Waals surface area contributed by atoms with Gasteiger partial charge in [0.15, 0.2) is 11.8 Å². The number of hydrogen-bond donors (Lipinski definition) is 1. The molecule has 3 rings (SSSR count). The second kappa shape index (κ2) is 12.1. The Labute approximate surface area is 191 Å². The van der Waals surface area contributed by atoms with E-state index in [4.69, 9.17) is 9.52 Å². The van der Waals surface area contributed by atoms with Crippen molar-refractivity contribution in [2.24, 2.45) is 4.99 Å². The molecule has 29 heavy (non-hydrogen) atoms. The predicted octanol–water partition coefficient (Wildman–Crippen LogP) is 3.27. The van der Waals surface area contributed by atoms with Crippen LogP contribution in [-0.4, -0.2) is 65.2 Å². The van der Waals surface area contributed by atoms with Crippen LogP contribution in [0.5, 0.6) is 0 Å². The van der Waals surface area contributed by atoms with Crippen molar-refractivity contribution in [3.8, 4) is 0 Å². The number of nitrogens with one attached hydrogen (secondary N) is 1. The summed E-state index contributed by atoms with van der Waals surface area (Å²) in [6.07, 6.45) is 1.80. The second-order valence-electron chi connectivity index (χ2n) is 7.08. The monoisotopic (exact) mass is 512 g/mol. The highest BCUT2D eigenvalue weighted by Crippen LogP contribution is 2.25. The smallest absolute Gasteiger partial charge is 0.228 e. The molecule has 1 fully saturated rings. The Morgan fingerprint density at radius 1 is 1.17 bits per heavy atom. The SMILES string of the molecule is CCNC(=NCCc1nc(C)no1)N1CCN(C(CC)c2ccccc2)CC1.I. The van der Waals surface area contributed by atoms with Crippen molar-refractivity contribution in [1.29, 1.82) is 0 Å². The fraction of sp³-hybridized carbons (Fsp3) is 0.571. The van der Waals surface area contributed by atoms with Gasteiger partial charge in [-0.2, -0.15) is 4.98 Å². The molecule has 1 aromatic heterocycles. The molecule has 0 saturated carbocycles. The number of aromatic nitrogens is 2. The molecule has 0 radical (unpaired) electrons. The number of aryl methyl sites for hydroxylation is 1. The standard InChI is InChI=1S/C21H32N6O.HI/c1-4-19(18-9-7-6-8-10-18)26-13-15-27(16-14-26)21(22-5-2)23-12-11-20-24-17(3)25-28-20;/h6-10,19H,4-5,11-16H2,1-3H3,(H,22,23);1H. The van der Waals surface area contributed by atoms with E-state index in [2.05, 4.69) is 69.4 Å². The van der Waals surface area contributed by atoms with Gasteiger partial charge >= 0.3 is 0 Å². The van der Waals surface area contributed by atoms with Crippen molar-refractivity contribution in [3.63, 3.8) is 0 Å². The van der Waals surface area contributed by atoms with Crippen LogP contribution in [-0.2, 0) is 6.42 Å². The molecule has 2 heterocycles. The van der Waals surface area contributed by atoms with Crippen LogP contribution in [0.25, 0.3) is 0 Å². The number of nitrogens with zero attached hydrogens (tertiary/aromatic N) is 5. The summed E-state index contributed by atoms with van der Waals surface area (Å²) in [6.45, 7) is 11.8. The molecule has 0 amide bonds. The first-order valence-electron chi connectivity index (χ1n) is 10.3. The van der Waals surface area contributed by atoms with Crippen molar-refractivity contribution in [2.45, 2.75) is 39.7 Å². The van der Waals surface area contributed by atoms with E-state index >= 15 is 0 Å². The van der Waals surface area contributed by atoms with Crippen molar-refractivity contribution >= 4 is 29.9 Å². The molecule has 1 unspecified atom stereocenters. The first kappa shape index (κ1) is 23.6. The lowest BCUT2D eigenvalue weighted by molar-refractivity contribution is 0.127. The minimum Gasteiger partial charge on any atom is -0.357 e. The molecule has 0 aliphatic carbocycles. The molecule has 1 saturated heterocycles.